The molecule has 3 N–H and O–H groups in total. The molecule has 31 heavy (non-hydrogen) atoms. The van der Waals surface area contributed by atoms with E-state index in [2.05, 4.69) is 36.5 Å². The first-order chi connectivity index (χ1) is 14.9. The highest BCUT2D eigenvalue weighted by Gasteiger charge is 2.29. The van der Waals surface area contributed by atoms with Gasteiger partial charge in [-0.15, -0.1) is 23.1 Å². The Bertz CT molecular complexity index is 956. The summed E-state index contributed by atoms with van der Waals surface area (Å²) in [6.07, 6.45) is 1.21. The van der Waals surface area contributed by atoms with Gasteiger partial charge in [0.15, 0.2) is 0 Å². The maximum atomic E-state index is 12.5. The van der Waals surface area contributed by atoms with E-state index in [1.807, 2.05) is 0 Å². The van der Waals surface area contributed by atoms with E-state index in [0.29, 0.717) is 43.1 Å². The summed E-state index contributed by atoms with van der Waals surface area (Å²) in [5.41, 5.74) is 8.01. The number of anilines is 1. The molecule has 3 amide bonds. The molecule has 2 aromatic rings. The van der Waals surface area contributed by atoms with Gasteiger partial charge in [0.25, 0.3) is 5.91 Å². The molecule has 0 bridgehead atoms. The number of nitrogens with zero attached hydrogens (tertiary/aromatic N) is 1. The molecule has 3 rings (SSSR count). The number of carbonyl (C=O) groups excluding carboxylic acids is 3. The van der Waals surface area contributed by atoms with Crippen LogP contribution in [0.1, 0.15) is 46.1 Å². The third-order valence-electron chi connectivity index (χ3n) is 4.92. The summed E-state index contributed by atoms with van der Waals surface area (Å²) >= 11 is 3.02. The van der Waals surface area contributed by atoms with Gasteiger partial charge in [0.1, 0.15) is 5.00 Å². The van der Waals surface area contributed by atoms with Gasteiger partial charge in [-0.25, -0.2) is 4.79 Å². The van der Waals surface area contributed by atoms with Crippen LogP contribution in [-0.2, 0) is 22.5 Å². The number of thioether (sulfide) groups is 1. The van der Waals surface area contributed by atoms with Crippen LogP contribution < -0.4 is 11.1 Å². The molecular formula is C22H27N3O4S2. The van der Waals surface area contributed by atoms with E-state index in [0.717, 1.165) is 22.6 Å². The van der Waals surface area contributed by atoms with Crippen molar-refractivity contribution >= 4 is 46.0 Å². The van der Waals surface area contributed by atoms with E-state index in [9.17, 15) is 14.4 Å². The Hall–Kier alpha value is -2.52. The van der Waals surface area contributed by atoms with Gasteiger partial charge in [-0.2, -0.15) is 0 Å². The van der Waals surface area contributed by atoms with Crippen LogP contribution in [0.2, 0.25) is 0 Å². The lowest BCUT2D eigenvalue weighted by atomic mass is 10.0. The van der Waals surface area contributed by atoms with E-state index in [4.69, 9.17) is 10.5 Å². The summed E-state index contributed by atoms with van der Waals surface area (Å²) in [4.78, 5) is 40.2. The van der Waals surface area contributed by atoms with E-state index in [1.165, 1.54) is 21.8 Å². The van der Waals surface area contributed by atoms with Crippen LogP contribution in [0.15, 0.2) is 29.2 Å². The summed E-state index contributed by atoms with van der Waals surface area (Å²) in [5, 5.41) is 3.33. The summed E-state index contributed by atoms with van der Waals surface area (Å²) in [7, 11) is 0. The molecular weight excluding hydrogens is 434 g/mol. The highest BCUT2D eigenvalue weighted by Crippen LogP contribution is 2.37. The molecule has 0 spiro atoms. The van der Waals surface area contributed by atoms with Crippen LogP contribution in [0.25, 0.3) is 0 Å². The van der Waals surface area contributed by atoms with Crippen LogP contribution in [0.5, 0.6) is 0 Å². The molecule has 0 saturated carbocycles. The second kappa shape index (κ2) is 10.7. The summed E-state index contributed by atoms with van der Waals surface area (Å²) in [5.74, 6) is 0.120. The Morgan fingerprint density at radius 2 is 2.00 bits per heavy atom. The normalized spacial score (nSPS) is 12.9. The number of carbonyl (C=O) groups is 3. The predicted octanol–water partition coefficient (Wildman–Crippen LogP) is 4.18. The molecule has 1 aromatic heterocycles. The summed E-state index contributed by atoms with van der Waals surface area (Å²) < 4.78 is 5.07. The summed E-state index contributed by atoms with van der Waals surface area (Å²) in [6, 6.07) is 8.30. The van der Waals surface area contributed by atoms with Crippen LogP contribution in [0, 0.1) is 6.92 Å². The van der Waals surface area contributed by atoms with Gasteiger partial charge in [0.05, 0.1) is 18.7 Å². The number of aryl methyl sites for hydroxylation is 1. The van der Waals surface area contributed by atoms with Crippen LogP contribution in [0.3, 0.4) is 0 Å². The zero-order valence-corrected chi connectivity index (χ0v) is 19.4. The lowest BCUT2D eigenvalue weighted by Gasteiger charge is -2.26. The third kappa shape index (κ3) is 6.01. The fourth-order valence-electron chi connectivity index (χ4n) is 3.37. The molecule has 0 aliphatic carbocycles. The zero-order valence-electron chi connectivity index (χ0n) is 17.7. The molecule has 0 atom stereocenters. The van der Waals surface area contributed by atoms with Crippen LogP contribution in [0.4, 0.5) is 9.80 Å². The molecule has 7 nitrogen and oxygen atoms in total. The number of nitrogens with one attached hydrogen (secondary N) is 1. The lowest BCUT2D eigenvalue weighted by molar-refractivity contribution is -0.116. The Morgan fingerprint density at radius 1 is 1.26 bits per heavy atom. The molecule has 1 aliphatic heterocycles. The smallest absolute Gasteiger partial charge is 0.410 e. The molecule has 1 aromatic carbocycles. The standard InChI is InChI=1S/C22H27N3O4S2/c1-3-29-22(28)25-11-10-16-17(13-25)31-21(19(16)20(23)27)24-18(26)5-4-12-30-15-8-6-14(2)7-9-15/h6-9H,3-5,10-13H2,1-2H3,(H2,23,27)(H,24,26). The number of hydrogen-bond donors (Lipinski definition) is 2. The second-order valence-corrected chi connectivity index (χ2v) is 9.53. The number of nitrogens with two attached hydrogens (primary N) is 1. The van der Waals surface area contributed by atoms with Gasteiger partial charge in [-0.3, -0.25) is 9.59 Å². The highest BCUT2D eigenvalue weighted by molar-refractivity contribution is 7.99. The fraction of sp³-hybridized carbons (Fsp3) is 0.409. The largest absolute Gasteiger partial charge is 0.450 e. The van der Waals surface area contributed by atoms with Gasteiger partial charge in [0.2, 0.25) is 5.91 Å². The Balaban J connectivity index is 1.58. The molecule has 0 radical (unpaired) electrons. The minimum absolute atomic E-state index is 0.146. The first-order valence-corrected chi connectivity index (χ1v) is 12.0. The second-order valence-electron chi connectivity index (χ2n) is 7.26. The molecule has 0 unspecified atom stereocenters. The first kappa shape index (κ1) is 23.1. The van der Waals surface area contributed by atoms with E-state index in [1.54, 1.807) is 23.6 Å². The monoisotopic (exact) mass is 461 g/mol. The average molecular weight is 462 g/mol. The maximum absolute atomic E-state index is 12.5. The van der Waals surface area contributed by atoms with Gasteiger partial charge in [-0.1, -0.05) is 17.7 Å². The van der Waals surface area contributed by atoms with Crippen molar-refractivity contribution in [3.8, 4) is 0 Å². The van der Waals surface area contributed by atoms with Gasteiger partial charge >= 0.3 is 6.09 Å². The maximum Gasteiger partial charge on any atom is 0.410 e. The summed E-state index contributed by atoms with van der Waals surface area (Å²) in [6.45, 7) is 4.92. The molecule has 1 aliphatic rings. The number of benzene rings is 1. The SMILES string of the molecule is CCOC(=O)N1CCc2c(sc(NC(=O)CCCSc3ccc(C)cc3)c2C(N)=O)C1. The lowest BCUT2D eigenvalue weighted by Crippen LogP contribution is -2.36. The Kier molecular flexibility index (Phi) is 7.97. The fourth-order valence-corrected chi connectivity index (χ4v) is 5.51. The van der Waals surface area contributed by atoms with Gasteiger partial charge < -0.3 is 20.7 Å². The highest BCUT2D eigenvalue weighted by atomic mass is 32.2. The molecule has 9 heteroatoms. The van der Waals surface area contributed by atoms with Crippen molar-refractivity contribution < 1.29 is 19.1 Å². The van der Waals surface area contributed by atoms with Crippen molar-refractivity contribution in [2.45, 2.75) is 44.6 Å². The minimum Gasteiger partial charge on any atom is -0.450 e. The predicted molar refractivity (Wildman–Crippen MR) is 124 cm³/mol. The van der Waals surface area contributed by atoms with Crippen molar-refractivity contribution in [2.75, 3.05) is 24.2 Å². The number of thiophene rings is 1. The third-order valence-corrected chi connectivity index (χ3v) is 7.15. The van der Waals surface area contributed by atoms with Crippen molar-refractivity contribution in [3.63, 3.8) is 0 Å². The number of ether oxygens (including phenoxy) is 1. The van der Waals surface area contributed by atoms with Crippen LogP contribution in [-0.4, -0.2) is 41.7 Å². The van der Waals surface area contributed by atoms with Gasteiger partial charge in [0, 0.05) is 22.7 Å². The van der Waals surface area contributed by atoms with Crippen molar-refractivity contribution in [1.82, 2.24) is 4.90 Å². The topological polar surface area (TPSA) is 102 Å². The minimum atomic E-state index is -0.563. The van der Waals surface area contributed by atoms with Crippen molar-refractivity contribution in [3.05, 3.63) is 45.8 Å². The van der Waals surface area contributed by atoms with Crippen molar-refractivity contribution in [2.24, 2.45) is 5.73 Å². The zero-order chi connectivity index (χ0) is 22.4. The Labute approximate surface area is 190 Å². The number of hydrogen-bond acceptors (Lipinski definition) is 6. The molecule has 2 heterocycles. The van der Waals surface area contributed by atoms with Crippen molar-refractivity contribution in [1.29, 1.82) is 0 Å². The van der Waals surface area contributed by atoms with Gasteiger partial charge in [-0.05, 0) is 50.1 Å². The number of primary amides is 1. The Morgan fingerprint density at radius 3 is 2.68 bits per heavy atom. The quantitative estimate of drug-likeness (QED) is 0.454. The van der Waals surface area contributed by atoms with E-state index in [-0.39, 0.29) is 12.0 Å². The first-order valence-electron chi connectivity index (χ1n) is 10.2. The number of rotatable bonds is 8. The van der Waals surface area contributed by atoms with E-state index >= 15 is 0 Å². The van der Waals surface area contributed by atoms with Crippen LogP contribution >= 0.6 is 23.1 Å². The number of amides is 3. The number of fused-ring (bicyclic) bond motifs is 1. The molecule has 0 fully saturated rings. The average Bonchev–Trinajstić information content (AvgIpc) is 3.09. The van der Waals surface area contributed by atoms with E-state index < -0.39 is 5.91 Å². The molecule has 166 valence electrons. The molecule has 0 saturated heterocycles.